The van der Waals surface area contributed by atoms with Gasteiger partial charge in [0.1, 0.15) is 21.6 Å². The first-order valence-electron chi connectivity index (χ1n) is 7.42. The highest BCUT2D eigenvalue weighted by Crippen LogP contribution is 2.07. The van der Waals surface area contributed by atoms with E-state index in [-0.39, 0.29) is 19.0 Å². The molecular weight excluding hydrogens is 380 g/mol. The number of benzene rings is 1. The van der Waals surface area contributed by atoms with Gasteiger partial charge in [-0.2, -0.15) is 0 Å². The highest BCUT2D eigenvalue weighted by Gasteiger charge is 2.22. The topological polar surface area (TPSA) is 66.9 Å². The molecule has 0 heterocycles. The number of hydrogen-bond donors (Lipinski definition) is 0. The van der Waals surface area contributed by atoms with Crippen molar-refractivity contribution in [1.82, 2.24) is 9.80 Å². The Kier molecular flexibility index (Phi) is 8.57. The van der Waals surface area contributed by atoms with Crippen LogP contribution in [0.1, 0.15) is 5.56 Å². The highest BCUT2D eigenvalue weighted by molar-refractivity contribution is 7.92. The van der Waals surface area contributed by atoms with Crippen LogP contribution in [0.2, 0.25) is 0 Å². The highest BCUT2D eigenvalue weighted by atomic mass is 32.2. The van der Waals surface area contributed by atoms with Gasteiger partial charge in [-0.05, 0) is 0 Å². The van der Waals surface area contributed by atoms with Crippen LogP contribution in [-0.2, 0) is 19.4 Å². The van der Waals surface area contributed by atoms with Crippen molar-refractivity contribution in [3.63, 3.8) is 0 Å². The van der Waals surface area contributed by atoms with E-state index in [2.05, 4.69) is 0 Å². The molecule has 0 aliphatic carbocycles. The van der Waals surface area contributed by atoms with Crippen molar-refractivity contribution in [2.45, 2.75) is 0 Å². The number of carbonyl (C=O) groups excluding carboxylic acids is 1. The molecule has 9 heteroatoms. The number of nitrogens with zero attached hydrogens (tertiary/aromatic N) is 2. The van der Waals surface area contributed by atoms with Gasteiger partial charge in [-0.3, -0.25) is 4.79 Å². The van der Waals surface area contributed by atoms with Crippen molar-refractivity contribution in [1.29, 1.82) is 0 Å². The van der Waals surface area contributed by atoms with Crippen molar-refractivity contribution in [2.75, 3.05) is 46.0 Å². The quantitative estimate of drug-likeness (QED) is 0.570. The van der Waals surface area contributed by atoms with Gasteiger partial charge >= 0.3 is 0 Å². The van der Waals surface area contributed by atoms with Gasteiger partial charge in [0.25, 0.3) is 0 Å². The zero-order valence-electron chi connectivity index (χ0n) is 14.5. The molecule has 0 saturated carbocycles. The molecule has 0 unspecified atom stereocenters. The maximum absolute atomic E-state index is 12.3. The molecule has 0 aliphatic heterocycles. The lowest BCUT2D eigenvalue weighted by atomic mass is 10.2. The normalized spacial score (nSPS) is 11.0. The summed E-state index contributed by atoms with van der Waals surface area (Å²) in [4.78, 5) is 15.8. The van der Waals surface area contributed by atoms with Gasteiger partial charge in [-0.1, -0.05) is 54.8 Å². The average Bonchev–Trinajstić information content (AvgIpc) is 2.53. The van der Waals surface area contributed by atoms with Crippen LogP contribution in [0.15, 0.2) is 30.3 Å². The lowest BCUT2D eigenvalue weighted by molar-refractivity contribution is -0.116. The van der Waals surface area contributed by atoms with E-state index in [1.165, 1.54) is 16.9 Å². The third-order valence-electron chi connectivity index (χ3n) is 3.25. The number of likely N-dealkylation sites (N-methyl/N-ethyl adjacent to an activating group) is 1. The van der Waals surface area contributed by atoms with Crippen LogP contribution in [0, 0.1) is 0 Å². The summed E-state index contributed by atoms with van der Waals surface area (Å²) in [6.45, 7) is 0.133. The maximum atomic E-state index is 12.3. The second-order valence-corrected chi connectivity index (χ2v) is 8.50. The Morgan fingerprint density at radius 1 is 1.12 bits per heavy atom. The standard InChI is InChI=1S/C16H22N2O4S3/c1-17(15(23)10-22-3)9-14(19)11-25(20,21)12-18(2)16(24)13-7-5-4-6-8-13/h4-8H,9-12H2,1-3H3. The number of methoxy groups -OCH3 is 1. The smallest absolute Gasteiger partial charge is 0.175 e. The van der Waals surface area contributed by atoms with E-state index >= 15 is 0 Å². The second kappa shape index (κ2) is 9.91. The lowest BCUT2D eigenvalue weighted by Gasteiger charge is -2.21. The molecule has 0 aromatic heterocycles. The number of sulfone groups is 1. The van der Waals surface area contributed by atoms with Gasteiger partial charge in [0.05, 0.1) is 13.2 Å². The molecule has 1 aromatic rings. The van der Waals surface area contributed by atoms with E-state index in [9.17, 15) is 13.2 Å². The summed E-state index contributed by atoms with van der Waals surface area (Å²) in [6.07, 6.45) is 0. The van der Waals surface area contributed by atoms with Crippen LogP contribution >= 0.6 is 24.4 Å². The van der Waals surface area contributed by atoms with Crippen molar-refractivity contribution >= 4 is 50.0 Å². The van der Waals surface area contributed by atoms with Crippen LogP contribution < -0.4 is 0 Å². The van der Waals surface area contributed by atoms with E-state index < -0.39 is 21.4 Å². The Bertz CT molecular complexity index is 720. The average molecular weight is 403 g/mol. The fraction of sp³-hybridized carbons (Fsp3) is 0.438. The summed E-state index contributed by atoms with van der Waals surface area (Å²) >= 11 is 10.4. The van der Waals surface area contributed by atoms with Crippen LogP contribution in [0.5, 0.6) is 0 Å². The van der Waals surface area contributed by atoms with Gasteiger partial charge < -0.3 is 14.5 Å². The Hall–Kier alpha value is -1.42. The van der Waals surface area contributed by atoms with Gasteiger partial charge in [0.2, 0.25) is 0 Å². The summed E-state index contributed by atoms with van der Waals surface area (Å²) in [5.41, 5.74) is 0.756. The molecule has 0 saturated heterocycles. The minimum atomic E-state index is -3.63. The summed E-state index contributed by atoms with van der Waals surface area (Å²) in [7, 11) is 1.09. The molecule has 0 N–H and O–H groups in total. The molecule has 0 spiro atoms. The second-order valence-electron chi connectivity index (χ2n) is 5.61. The molecule has 0 aliphatic rings. The Labute approximate surface area is 159 Å². The van der Waals surface area contributed by atoms with Gasteiger partial charge in [-0.15, -0.1) is 0 Å². The Morgan fingerprint density at radius 3 is 2.28 bits per heavy atom. The molecular formula is C16H22N2O4S3. The fourth-order valence-electron chi connectivity index (χ4n) is 2.08. The predicted octanol–water partition coefficient (Wildman–Crippen LogP) is 1.14. The monoisotopic (exact) mass is 402 g/mol. The molecule has 1 aromatic carbocycles. The van der Waals surface area contributed by atoms with Crippen molar-refractivity contribution in [2.24, 2.45) is 0 Å². The number of hydrogen-bond acceptors (Lipinski definition) is 6. The van der Waals surface area contributed by atoms with Gasteiger partial charge in [0, 0.05) is 26.8 Å². The number of Topliss-reactive ketones (excluding diaryl/α,β-unsaturated/α-hetero) is 1. The van der Waals surface area contributed by atoms with Crippen LogP contribution in [0.3, 0.4) is 0 Å². The number of rotatable bonds is 9. The van der Waals surface area contributed by atoms with Crippen molar-refractivity contribution in [3.05, 3.63) is 35.9 Å². The van der Waals surface area contributed by atoms with E-state index in [1.807, 2.05) is 30.3 Å². The molecule has 1 rings (SSSR count). The lowest BCUT2D eigenvalue weighted by Crippen LogP contribution is -2.38. The predicted molar refractivity (Wildman–Crippen MR) is 107 cm³/mol. The minimum Gasteiger partial charge on any atom is -0.378 e. The minimum absolute atomic E-state index is 0.0751. The van der Waals surface area contributed by atoms with Crippen molar-refractivity contribution < 1.29 is 17.9 Å². The largest absolute Gasteiger partial charge is 0.378 e. The molecule has 0 atom stereocenters. The summed E-state index contributed by atoms with van der Waals surface area (Å²) in [6, 6.07) is 9.12. The zero-order valence-corrected chi connectivity index (χ0v) is 16.9. The number of carbonyl (C=O) groups is 1. The molecule has 6 nitrogen and oxygen atoms in total. The molecule has 138 valence electrons. The van der Waals surface area contributed by atoms with Gasteiger partial charge in [-0.25, -0.2) is 8.42 Å². The van der Waals surface area contributed by atoms with Crippen LogP contribution in [0.25, 0.3) is 0 Å². The van der Waals surface area contributed by atoms with E-state index in [0.29, 0.717) is 9.98 Å². The van der Waals surface area contributed by atoms with Crippen molar-refractivity contribution in [3.8, 4) is 0 Å². The first kappa shape index (κ1) is 21.6. The molecule has 0 radical (unpaired) electrons. The fourth-order valence-corrected chi connectivity index (χ4v) is 3.93. The molecule has 0 fully saturated rings. The van der Waals surface area contributed by atoms with Crippen LogP contribution in [-0.4, -0.2) is 80.0 Å². The van der Waals surface area contributed by atoms with Crippen LogP contribution in [0.4, 0.5) is 0 Å². The Morgan fingerprint density at radius 2 is 1.72 bits per heavy atom. The summed E-state index contributed by atoms with van der Waals surface area (Å²) in [5.74, 6) is -1.31. The third kappa shape index (κ3) is 7.55. The summed E-state index contributed by atoms with van der Waals surface area (Å²) < 4.78 is 29.4. The molecule has 0 bridgehead atoms. The number of thiocarbonyl (C=S) groups is 2. The van der Waals surface area contributed by atoms with Gasteiger partial charge in [0.15, 0.2) is 15.6 Å². The summed E-state index contributed by atoms with van der Waals surface area (Å²) in [5, 5.41) is 0. The maximum Gasteiger partial charge on any atom is 0.175 e. The molecule has 25 heavy (non-hydrogen) atoms. The van der Waals surface area contributed by atoms with E-state index in [4.69, 9.17) is 29.2 Å². The number of ether oxygens (including phenoxy) is 1. The third-order valence-corrected chi connectivity index (χ3v) is 5.77. The SMILES string of the molecule is COCC(=S)N(C)CC(=O)CS(=O)(=O)CN(C)C(=S)c1ccccc1. The Balaban J connectivity index is 2.61. The zero-order chi connectivity index (χ0) is 19.0. The molecule has 0 amide bonds. The number of ketones is 1. The van der Waals surface area contributed by atoms with E-state index in [1.54, 1.807) is 14.1 Å². The first-order chi connectivity index (χ1) is 11.7. The first-order valence-corrected chi connectivity index (χ1v) is 10.1. The van der Waals surface area contributed by atoms with E-state index in [0.717, 1.165) is 5.56 Å².